The Morgan fingerprint density at radius 1 is 1.45 bits per heavy atom. The lowest BCUT2D eigenvalue weighted by Crippen LogP contribution is -2.37. The molecule has 0 bridgehead atoms. The van der Waals surface area contributed by atoms with Crippen molar-refractivity contribution in [2.45, 2.75) is 17.4 Å². The molecule has 0 aromatic heterocycles. The Kier molecular flexibility index (Phi) is 5.64. The predicted octanol–water partition coefficient (Wildman–Crippen LogP) is -0.435. The average molecular weight is 298 g/mol. The minimum atomic E-state index is -3.83. The van der Waals surface area contributed by atoms with Gasteiger partial charge < -0.3 is 9.84 Å². The van der Waals surface area contributed by atoms with Gasteiger partial charge in [-0.05, 0) is 17.7 Å². The summed E-state index contributed by atoms with van der Waals surface area (Å²) in [5, 5.41) is 17.8. The normalized spacial score (nSPS) is 12.4. The highest BCUT2D eigenvalue weighted by Gasteiger charge is 2.20. The van der Waals surface area contributed by atoms with Gasteiger partial charge in [-0.2, -0.15) is 5.26 Å². The molecular weight excluding hydrogens is 284 g/mol. The molecule has 0 saturated heterocycles. The number of aliphatic hydroxyl groups is 1. The van der Waals surface area contributed by atoms with E-state index in [1.54, 1.807) is 0 Å². The van der Waals surface area contributed by atoms with Crippen LogP contribution >= 0.6 is 0 Å². The van der Waals surface area contributed by atoms with Crippen molar-refractivity contribution in [3.63, 3.8) is 0 Å². The van der Waals surface area contributed by atoms with Crippen LogP contribution in [-0.4, -0.2) is 39.3 Å². The highest BCUT2D eigenvalue weighted by Crippen LogP contribution is 2.10. The summed E-state index contributed by atoms with van der Waals surface area (Å²) >= 11 is 0. The maximum atomic E-state index is 11.9. The third kappa shape index (κ3) is 4.31. The third-order valence-corrected chi connectivity index (χ3v) is 3.90. The standard InChI is InChI=1S/C12H14N2O5S/c1-19-12(16)11(15)8-14-20(17,18)10-4-2-9(3-5-10)6-7-13/h2-5,11,14-15H,6,8H2,1H3. The van der Waals surface area contributed by atoms with E-state index >= 15 is 0 Å². The number of nitriles is 1. The molecule has 0 heterocycles. The van der Waals surface area contributed by atoms with Crippen molar-refractivity contribution in [3.8, 4) is 6.07 Å². The van der Waals surface area contributed by atoms with Crippen molar-refractivity contribution in [2.75, 3.05) is 13.7 Å². The van der Waals surface area contributed by atoms with E-state index in [1.807, 2.05) is 6.07 Å². The molecule has 108 valence electrons. The minimum absolute atomic E-state index is 0.0174. The fraction of sp³-hybridized carbons (Fsp3) is 0.333. The van der Waals surface area contributed by atoms with Crippen molar-refractivity contribution in [1.82, 2.24) is 4.72 Å². The summed E-state index contributed by atoms with van der Waals surface area (Å²) < 4.78 is 30.1. The van der Waals surface area contributed by atoms with E-state index in [1.165, 1.54) is 24.3 Å². The van der Waals surface area contributed by atoms with Crippen LogP contribution in [0.25, 0.3) is 0 Å². The smallest absolute Gasteiger partial charge is 0.336 e. The van der Waals surface area contributed by atoms with Crippen molar-refractivity contribution < 1.29 is 23.1 Å². The van der Waals surface area contributed by atoms with Crippen molar-refractivity contribution in [2.24, 2.45) is 0 Å². The maximum Gasteiger partial charge on any atom is 0.336 e. The Labute approximate surface area is 116 Å². The molecule has 1 unspecified atom stereocenters. The second kappa shape index (κ2) is 7.00. The van der Waals surface area contributed by atoms with Crippen molar-refractivity contribution in [3.05, 3.63) is 29.8 Å². The molecule has 0 aliphatic rings. The summed E-state index contributed by atoms with van der Waals surface area (Å²) in [6.45, 7) is -0.477. The second-order valence-electron chi connectivity index (χ2n) is 3.87. The van der Waals surface area contributed by atoms with Gasteiger partial charge in [0.1, 0.15) is 0 Å². The highest BCUT2D eigenvalue weighted by atomic mass is 32.2. The van der Waals surface area contributed by atoms with Gasteiger partial charge >= 0.3 is 5.97 Å². The van der Waals surface area contributed by atoms with Crippen molar-refractivity contribution in [1.29, 1.82) is 5.26 Å². The lowest BCUT2D eigenvalue weighted by atomic mass is 10.2. The first-order chi connectivity index (χ1) is 9.40. The molecule has 0 saturated carbocycles. The maximum absolute atomic E-state index is 11.9. The summed E-state index contributed by atoms with van der Waals surface area (Å²) in [6.07, 6.45) is -1.37. The molecule has 0 aliphatic carbocycles. The third-order valence-electron chi connectivity index (χ3n) is 2.46. The Morgan fingerprint density at radius 3 is 2.55 bits per heavy atom. The quantitative estimate of drug-likeness (QED) is 0.688. The first-order valence-electron chi connectivity index (χ1n) is 5.62. The molecule has 2 N–H and O–H groups in total. The van der Waals surface area contributed by atoms with Gasteiger partial charge in [0.05, 0.1) is 24.5 Å². The number of hydrogen-bond donors (Lipinski definition) is 2. The first-order valence-corrected chi connectivity index (χ1v) is 7.10. The highest BCUT2D eigenvalue weighted by molar-refractivity contribution is 7.89. The van der Waals surface area contributed by atoms with Crippen LogP contribution in [0.2, 0.25) is 0 Å². The number of benzene rings is 1. The molecule has 0 spiro atoms. The van der Waals surface area contributed by atoms with Gasteiger partial charge in [0.25, 0.3) is 0 Å². The molecule has 1 aromatic carbocycles. The van der Waals surface area contributed by atoms with Crippen LogP contribution in [0.4, 0.5) is 0 Å². The summed E-state index contributed by atoms with van der Waals surface area (Å²) in [7, 11) is -2.74. The predicted molar refractivity (Wildman–Crippen MR) is 69.0 cm³/mol. The number of methoxy groups -OCH3 is 1. The van der Waals surface area contributed by atoms with Crippen LogP contribution in [0, 0.1) is 11.3 Å². The Balaban J connectivity index is 2.74. The van der Waals surface area contributed by atoms with Gasteiger partial charge in [-0.3, -0.25) is 0 Å². The summed E-state index contributed by atoms with van der Waals surface area (Å²) in [5.41, 5.74) is 0.695. The van der Waals surface area contributed by atoms with E-state index in [-0.39, 0.29) is 11.3 Å². The Hall–Kier alpha value is -1.95. The number of aliphatic hydroxyl groups excluding tert-OH is 1. The summed E-state index contributed by atoms with van der Waals surface area (Å²) in [5.74, 6) is -0.919. The van der Waals surface area contributed by atoms with Crippen LogP contribution in [-0.2, 0) is 26.0 Å². The molecule has 20 heavy (non-hydrogen) atoms. The number of nitrogens with one attached hydrogen (secondary N) is 1. The second-order valence-corrected chi connectivity index (χ2v) is 5.64. The number of nitrogens with zero attached hydrogens (tertiary/aromatic N) is 1. The van der Waals surface area contributed by atoms with Gasteiger partial charge in [-0.1, -0.05) is 12.1 Å². The van der Waals surface area contributed by atoms with Gasteiger partial charge in [-0.25, -0.2) is 17.9 Å². The molecule has 0 amide bonds. The molecule has 0 radical (unpaired) electrons. The van der Waals surface area contributed by atoms with Crippen molar-refractivity contribution >= 4 is 16.0 Å². The Morgan fingerprint density at radius 2 is 2.05 bits per heavy atom. The van der Waals surface area contributed by atoms with E-state index in [0.717, 1.165) is 7.11 Å². The molecule has 8 heteroatoms. The van der Waals surface area contributed by atoms with Crippen LogP contribution in [0.3, 0.4) is 0 Å². The monoisotopic (exact) mass is 298 g/mol. The number of sulfonamides is 1. The number of esters is 1. The molecule has 1 atom stereocenters. The number of ether oxygens (including phenoxy) is 1. The molecular formula is C12H14N2O5S. The fourth-order valence-corrected chi connectivity index (χ4v) is 2.41. The number of rotatable bonds is 6. The van der Waals surface area contributed by atoms with Crippen LogP contribution in [0.1, 0.15) is 5.56 Å². The Bertz CT molecular complexity index is 604. The molecule has 7 nitrogen and oxygen atoms in total. The first kappa shape index (κ1) is 16.1. The van der Waals surface area contributed by atoms with Gasteiger partial charge in [0.2, 0.25) is 10.0 Å². The largest absolute Gasteiger partial charge is 0.467 e. The lowest BCUT2D eigenvalue weighted by molar-refractivity contribution is -0.149. The van der Waals surface area contributed by atoms with E-state index in [4.69, 9.17) is 5.26 Å². The number of carbonyl (C=O) groups is 1. The summed E-state index contributed by atoms with van der Waals surface area (Å²) in [6, 6.07) is 7.69. The van der Waals surface area contributed by atoms with E-state index < -0.39 is 28.6 Å². The number of hydrogen-bond acceptors (Lipinski definition) is 6. The molecule has 0 aliphatic heterocycles. The molecule has 1 rings (SSSR count). The van der Waals surface area contributed by atoms with Gasteiger partial charge in [-0.15, -0.1) is 0 Å². The van der Waals surface area contributed by atoms with Crippen LogP contribution < -0.4 is 4.72 Å². The molecule has 1 aromatic rings. The van der Waals surface area contributed by atoms with E-state index in [0.29, 0.717) is 5.56 Å². The lowest BCUT2D eigenvalue weighted by Gasteiger charge is -2.10. The van der Waals surface area contributed by atoms with E-state index in [2.05, 4.69) is 9.46 Å². The van der Waals surface area contributed by atoms with Gasteiger partial charge in [0.15, 0.2) is 6.10 Å². The zero-order valence-electron chi connectivity index (χ0n) is 10.7. The fourth-order valence-electron chi connectivity index (χ4n) is 1.37. The van der Waals surface area contributed by atoms with Gasteiger partial charge in [0, 0.05) is 6.54 Å². The summed E-state index contributed by atoms with van der Waals surface area (Å²) in [4.78, 5) is 10.9. The SMILES string of the molecule is COC(=O)C(O)CNS(=O)(=O)c1ccc(CC#N)cc1. The zero-order chi connectivity index (χ0) is 15.2. The van der Waals surface area contributed by atoms with E-state index in [9.17, 15) is 18.3 Å². The van der Waals surface area contributed by atoms with Crippen LogP contribution in [0.5, 0.6) is 0 Å². The average Bonchev–Trinajstić information content (AvgIpc) is 2.45. The topological polar surface area (TPSA) is 116 Å². The number of carbonyl (C=O) groups excluding carboxylic acids is 1. The minimum Gasteiger partial charge on any atom is -0.467 e. The zero-order valence-corrected chi connectivity index (χ0v) is 11.6. The molecule has 0 fully saturated rings. The van der Waals surface area contributed by atoms with Crippen LogP contribution in [0.15, 0.2) is 29.2 Å².